The molecule has 5 nitrogen and oxygen atoms in total. The van der Waals surface area contributed by atoms with Crippen molar-refractivity contribution in [2.45, 2.75) is 33.4 Å². The fourth-order valence-electron chi connectivity index (χ4n) is 4.69. The fourth-order valence-corrected chi connectivity index (χ4v) is 4.81. The molecule has 0 aliphatic carbocycles. The van der Waals surface area contributed by atoms with Gasteiger partial charge in [0.2, 0.25) is 0 Å². The first-order valence-corrected chi connectivity index (χ1v) is 11.2. The van der Waals surface area contributed by atoms with Gasteiger partial charge in [0.25, 0.3) is 5.91 Å². The molecule has 0 radical (unpaired) electrons. The van der Waals surface area contributed by atoms with Crippen molar-refractivity contribution in [2.24, 2.45) is 0 Å². The number of aromatic amines is 1. The summed E-state index contributed by atoms with van der Waals surface area (Å²) in [6.45, 7) is 6.38. The number of nitrogens with zero attached hydrogens (tertiary/aromatic N) is 2. The molecule has 0 fully saturated rings. The maximum absolute atomic E-state index is 13.6. The summed E-state index contributed by atoms with van der Waals surface area (Å²) in [4.78, 5) is 15.4. The van der Waals surface area contributed by atoms with Crippen LogP contribution in [-0.4, -0.2) is 26.1 Å². The van der Waals surface area contributed by atoms with Crippen LogP contribution in [0.2, 0.25) is 5.02 Å². The lowest BCUT2D eigenvalue weighted by molar-refractivity contribution is 0.0730. The molecule has 1 aliphatic heterocycles. The Morgan fingerprint density at radius 2 is 1.70 bits per heavy atom. The zero-order chi connectivity index (χ0) is 23.3. The standard InChI is InChI=1S/C27H24ClN3O2/c1-15-4-6-18(7-5-15)14-31-26(19-8-10-20(28)11-9-19)23-24(29-30-25(23)27(31)33)22-17(3)12-16(2)13-21(22)32/h4-13,26,32H,14H2,1-3H3,(H,29,30). The van der Waals surface area contributed by atoms with E-state index in [2.05, 4.69) is 10.2 Å². The zero-order valence-electron chi connectivity index (χ0n) is 18.7. The van der Waals surface area contributed by atoms with Crippen molar-refractivity contribution < 1.29 is 9.90 Å². The van der Waals surface area contributed by atoms with Gasteiger partial charge in [-0.1, -0.05) is 59.6 Å². The lowest BCUT2D eigenvalue weighted by atomic mass is 9.93. The molecule has 4 aromatic rings. The number of aryl methyl sites for hydroxylation is 3. The Morgan fingerprint density at radius 1 is 1.00 bits per heavy atom. The van der Waals surface area contributed by atoms with E-state index in [0.717, 1.165) is 27.8 Å². The Hall–Kier alpha value is -3.57. The van der Waals surface area contributed by atoms with Crippen LogP contribution in [-0.2, 0) is 6.54 Å². The summed E-state index contributed by atoms with van der Waals surface area (Å²) in [6.07, 6.45) is 0. The molecular formula is C27H24ClN3O2. The molecule has 0 saturated heterocycles. The van der Waals surface area contributed by atoms with Crippen LogP contribution in [0.4, 0.5) is 0 Å². The van der Waals surface area contributed by atoms with Crippen LogP contribution in [0.15, 0.2) is 60.7 Å². The monoisotopic (exact) mass is 457 g/mol. The number of hydrogen-bond acceptors (Lipinski definition) is 3. The lowest BCUT2D eigenvalue weighted by Gasteiger charge is -2.27. The number of halogens is 1. The molecule has 166 valence electrons. The normalized spacial score (nSPS) is 15.2. The number of aromatic nitrogens is 2. The second-order valence-electron chi connectivity index (χ2n) is 8.71. The molecule has 5 rings (SSSR count). The molecule has 0 spiro atoms. The van der Waals surface area contributed by atoms with E-state index in [9.17, 15) is 9.90 Å². The maximum atomic E-state index is 13.6. The second kappa shape index (κ2) is 8.09. The molecule has 6 heteroatoms. The Bertz CT molecular complexity index is 1330. The highest BCUT2D eigenvalue weighted by molar-refractivity contribution is 6.30. The molecule has 1 aliphatic rings. The summed E-state index contributed by atoms with van der Waals surface area (Å²) < 4.78 is 0. The van der Waals surface area contributed by atoms with E-state index in [4.69, 9.17) is 11.6 Å². The van der Waals surface area contributed by atoms with Gasteiger partial charge in [0.05, 0.1) is 6.04 Å². The van der Waals surface area contributed by atoms with Gasteiger partial charge in [-0.25, -0.2) is 0 Å². The summed E-state index contributed by atoms with van der Waals surface area (Å²) in [5.74, 6) is 0.0367. The Labute approximate surface area is 197 Å². The SMILES string of the molecule is Cc1ccc(CN2C(=O)c3[nH]nc(-c4c(C)cc(C)cc4O)c3C2c2ccc(Cl)cc2)cc1. The van der Waals surface area contributed by atoms with Crippen molar-refractivity contribution >= 4 is 17.5 Å². The number of hydrogen-bond donors (Lipinski definition) is 2. The largest absolute Gasteiger partial charge is 0.507 e. The van der Waals surface area contributed by atoms with Crippen molar-refractivity contribution in [3.8, 4) is 17.0 Å². The number of H-pyrrole nitrogens is 1. The first-order valence-electron chi connectivity index (χ1n) is 10.8. The van der Waals surface area contributed by atoms with Gasteiger partial charge < -0.3 is 10.0 Å². The van der Waals surface area contributed by atoms with Gasteiger partial charge in [-0.2, -0.15) is 5.10 Å². The number of rotatable bonds is 4. The topological polar surface area (TPSA) is 69.2 Å². The summed E-state index contributed by atoms with van der Waals surface area (Å²) in [5, 5.41) is 18.9. The third kappa shape index (κ3) is 3.68. The number of nitrogens with one attached hydrogen (secondary N) is 1. The number of phenolic OH excluding ortho intramolecular Hbond substituents is 1. The van der Waals surface area contributed by atoms with Crippen LogP contribution in [0.1, 0.15) is 49.9 Å². The summed E-state index contributed by atoms with van der Waals surface area (Å²) >= 11 is 6.16. The average Bonchev–Trinajstić information content (AvgIpc) is 3.29. The summed E-state index contributed by atoms with van der Waals surface area (Å²) in [7, 11) is 0. The minimum Gasteiger partial charge on any atom is -0.507 e. The first kappa shape index (κ1) is 21.3. The van der Waals surface area contributed by atoms with Gasteiger partial charge in [-0.3, -0.25) is 9.89 Å². The van der Waals surface area contributed by atoms with Crippen molar-refractivity contribution in [3.63, 3.8) is 0 Å². The Balaban J connectivity index is 1.68. The molecule has 2 N–H and O–H groups in total. The molecule has 1 amide bonds. The highest BCUT2D eigenvalue weighted by Gasteiger charge is 2.42. The zero-order valence-corrected chi connectivity index (χ0v) is 19.4. The van der Waals surface area contributed by atoms with Gasteiger partial charge in [0.15, 0.2) is 0 Å². The Morgan fingerprint density at radius 3 is 2.36 bits per heavy atom. The molecule has 0 saturated carbocycles. The van der Waals surface area contributed by atoms with E-state index in [1.165, 1.54) is 5.56 Å². The van der Waals surface area contributed by atoms with E-state index < -0.39 is 0 Å². The van der Waals surface area contributed by atoms with Crippen molar-refractivity contribution in [1.29, 1.82) is 0 Å². The first-order chi connectivity index (χ1) is 15.8. The lowest BCUT2D eigenvalue weighted by Crippen LogP contribution is -2.29. The highest BCUT2D eigenvalue weighted by Crippen LogP contribution is 2.46. The van der Waals surface area contributed by atoms with E-state index >= 15 is 0 Å². The van der Waals surface area contributed by atoms with Gasteiger partial charge in [0.1, 0.15) is 17.1 Å². The number of phenols is 1. The molecule has 2 heterocycles. The van der Waals surface area contributed by atoms with Gasteiger partial charge in [-0.05, 0) is 61.2 Å². The van der Waals surface area contributed by atoms with E-state index in [-0.39, 0.29) is 17.7 Å². The molecule has 3 aromatic carbocycles. The smallest absolute Gasteiger partial charge is 0.273 e. The predicted octanol–water partition coefficient (Wildman–Crippen LogP) is 6.11. The number of fused-ring (bicyclic) bond motifs is 1. The Kier molecular flexibility index (Phi) is 5.22. The van der Waals surface area contributed by atoms with Crippen LogP contribution in [0.5, 0.6) is 5.75 Å². The van der Waals surface area contributed by atoms with E-state index in [1.54, 1.807) is 6.07 Å². The average molecular weight is 458 g/mol. The molecule has 33 heavy (non-hydrogen) atoms. The third-order valence-corrected chi connectivity index (χ3v) is 6.47. The number of benzene rings is 3. The van der Waals surface area contributed by atoms with Crippen molar-refractivity contribution in [1.82, 2.24) is 15.1 Å². The van der Waals surface area contributed by atoms with Crippen molar-refractivity contribution in [3.05, 3.63) is 105 Å². The van der Waals surface area contributed by atoms with Crippen LogP contribution in [0, 0.1) is 20.8 Å². The van der Waals surface area contributed by atoms with E-state index in [0.29, 0.717) is 28.5 Å². The van der Waals surface area contributed by atoms with Crippen LogP contribution < -0.4 is 0 Å². The predicted molar refractivity (Wildman–Crippen MR) is 130 cm³/mol. The quantitative estimate of drug-likeness (QED) is 0.388. The maximum Gasteiger partial charge on any atom is 0.273 e. The molecule has 0 bridgehead atoms. The molecular weight excluding hydrogens is 434 g/mol. The molecule has 1 unspecified atom stereocenters. The van der Waals surface area contributed by atoms with Crippen molar-refractivity contribution in [2.75, 3.05) is 0 Å². The second-order valence-corrected chi connectivity index (χ2v) is 9.15. The number of aromatic hydroxyl groups is 1. The number of amides is 1. The van der Waals surface area contributed by atoms with E-state index in [1.807, 2.05) is 80.3 Å². The van der Waals surface area contributed by atoms with Crippen LogP contribution in [0.3, 0.4) is 0 Å². The minimum absolute atomic E-state index is 0.117. The highest BCUT2D eigenvalue weighted by atomic mass is 35.5. The summed E-state index contributed by atoms with van der Waals surface area (Å²) in [5.41, 5.74) is 7.48. The number of carbonyl (C=O) groups excluding carboxylic acids is 1. The van der Waals surface area contributed by atoms with Gasteiger partial charge in [0, 0.05) is 22.7 Å². The summed E-state index contributed by atoms with van der Waals surface area (Å²) in [6, 6.07) is 19.1. The van der Waals surface area contributed by atoms with Gasteiger partial charge in [-0.15, -0.1) is 0 Å². The minimum atomic E-state index is -0.361. The molecule has 1 aromatic heterocycles. The third-order valence-electron chi connectivity index (χ3n) is 6.22. The molecule has 1 atom stereocenters. The number of carbonyl (C=O) groups is 1. The van der Waals surface area contributed by atoms with Crippen LogP contribution >= 0.6 is 11.6 Å². The van der Waals surface area contributed by atoms with Crippen LogP contribution in [0.25, 0.3) is 11.3 Å². The van der Waals surface area contributed by atoms with Gasteiger partial charge >= 0.3 is 0 Å². The fraction of sp³-hybridized carbons (Fsp3) is 0.185.